The number of amides is 2. The molecule has 2 aliphatic heterocycles. The number of aryl methyl sites for hydroxylation is 3. The van der Waals surface area contributed by atoms with Crippen LogP contribution in [0.4, 0.5) is 5.82 Å². The number of aromatic nitrogens is 3. The van der Waals surface area contributed by atoms with Crippen molar-refractivity contribution in [2.75, 3.05) is 24.5 Å². The molecule has 2 aromatic rings. The summed E-state index contributed by atoms with van der Waals surface area (Å²) in [4.78, 5) is 29.6. The van der Waals surface area contributed by atoms with Crippen LogP contribution in [0.3, 0.4) is 0 Å². The van der Waals surface area contributed by atoms with Crippen LogP contribution in [-0.2, 0) is 11.8 Å². The smallest absolute Gasteiger partial charge is 0.259 e. The fourth-order valence-electron chi connectivity index (χ4n) is 4.22. The zero-order chi connectivity index (χ0) is 18.5. The van der Waals surface area contributed by atoms with Crippen LogP contribution >= 0.6 is 0 Å². The number of rotatable bonds is 2. The first-order valence-electron chi connectivity index (χ1n) is 8.95. The molecule has 4 heterocycles. The van der Waals surface area contributed by atoms with Gasteiger partial charge < -0.3 is 9.42 Å². The van der Waals surface area contributed by atoms with E-state index >= 15 is 0 Å². The Morgan fingerprint density at radius 3 is 2.46 bits per heavy atom. The van der Waals surface area contributed by atoms with Crippen LogP contribution in [0, 0.1) is 19.3 Å². The fraction of sp³-hybridized carbons (Fsp3) is 0.556. The van der Waals surface area contributed by atoms with Gasteiger partial charge >= 0.3 is 0 Å². The number of piperidine rings is 1. The number of likely N-dealkylation sites (tertiary alicyclic amines) is 1. The third kappa shape index (κ3) is 2.43. The summed E-state index contributed by atoms with van der Waals surface area (Å²) in [6, 6.07) is 1.87. The van der Waals surface area contributed by atoms with E-state index in [2.05, 4.69) is 10.3 Å². The molecule has 26 heavy (non-hydrogen) atoms. The van der Waals surface area contributed by atoms with Gasteiger partial charge in [-0.1, -0.05) is 5.16 Å². The molecule has 8 nitrogen and oxygen atoms in total. The molecule has 0 aromatic carbocycles. The summed E-state index contributed by atoms with van der Waals surface area (Å²) in [6.07, 6.45) is 3.91. The average molecular weight is 357 g/mol. The molecule has 2 aliphatic rings. The third-order valence-electron chi connectivity index (χ3n) is 5.84. The maximum absolute atomic E-state index is 13.1. The van der Waals surface area contributed by atoms with Crippen molar-refractivity contribution in [2.45, 2.75) is 33.1 Å². The molecule has 0 saturated carbocycles. The van der Waals surface area contributed by atoms with Crippen molar-refractivity contribution in [3.63, 3.8) is 0 Å². The van der Waals surface area contributed by atoms with Crippen LogP contribution in [0.1, 0.15) is 41.1 Å². The summed E-state index contributed by atoms with van der Waals surface area (Å²) in [7, 11) is 1.85. The molecule has 0 N–H and O–H groups in total. The topological polar surface area (TPSA) is 84.5 Å². The van der Waals surface area contributed by atoms with Crippen molar-refractivity contribution in [1.82, 2.24) is 19.8 Å². The van der Waals surface area contributed by atoms with E-state index in [0.717, 1.165) is 12.2 Å². The van der Waals surface area contributed by atoms with Crippen LogP contribution < -0.4 is 4.90 Å². The van der Waals surface area contributed by atoms with E-state index in [1.54, 1.807) is 24.7 Å². The van der Waals surface area contributed by atoms with E-state index in [1.165, 1.54) is 0 Å². The Kier molecular flexibility index (Phi) is 3.86. The van der Waals surface area contributed by atoms with Gasteiger partial charge in [0.05, 0.1) is 17.3 Å². The second kappa shape index (κ2) is 5.96. The Balaban J connectivity index is 1.48. The molecule has 1 spiro atoms. The van der Waals surface area contributed by atoms with Gasteiger partial charge in [-0.05, 0) is 33.1 Å². The normalized spacial score (nSPS) is 19.6. The molecule has 2 fully saturated rings. The second-order valence-electron chi connectivity index (χ2n) is 7.29. The zero-order valence-electron chi connectivity index (χ0n) is 15.4. The lowest BCUT2D eigenvalue weighted by Gasteiger charge is -2.37. The lowest BCUT2D eigenvalue weighted by molar-refractivity contribution is -0.127. The highest BCUT2D eigenvalue weighted by atomic mass is 16.5. The monoisotopic (exact) mass is 357 g/mol. The number of nitrogens with zero attached hydrogens (tertiary/aromatic N) is 5. The maximum atomic E-state index is 13.1. The van der Waals surface area contributed by atoms with E-state index in [0.29, 0.717) is 49.5 Å². The van der Waals surface area contributed by atoms with Gasteiger partial charge in [0.2, 0.25) is 5.91 Å². The standard InChI is InChI=1S/C18H23N5O3/c1-12-15(13(2)26-20-12)16(24)22-9-5-18(6-10-22)7-11-23(17(18)25)14-4-8-19-21(14)3/h4,8H,5-7,9-11H2,1-3H3. The minimum atomic E-state index is -0.361. The SMILES string of the molecule is Cc1noc(C)c1C(=O)N1CCC2(CC1)CCN(c1ccnn1C)C2=O. The largest absolute Gasteiger partial charge is 0.361 e. The Morgan fingerprint density at radius 1 is 1.19 bits per heavy atom. The van der Waals surface area contributed by atoms with Crippen LogP contribution in [0.5, 0.6) is 0 Å². The molecule has 0 bridgehead atoms. The molecule has 2 aromatic heterocycles. The first-order chi connectivity index (χ1) is 12.4. The molecule has 2 saturated heterocycles. The predicted octanol–water partition coefficient (Wildman–Crippen LogP) is 1.68. The van der Waals surface area contributed by atoms with Gasteiger partial charge in [-0.25, -0.2) is 0 Å². The van der Waals surface area contributed by atoms with Crippen LogP contribution in [0.25, 0.3) is 0 Å². The van der Waals surface area contributed by atoms with Gasteiger partial charge in [0.15, 0.2) is 0 Å². The van der Waals surface area contributed by atoms with Gasteiger partial charge in [0.1, 0.15) is 17.1 Å². The molecular weight excluding hydrogens is 334 g/mol. The molecule has 0 unspecified atom stereocenters. The van der Waals surface area contributed by atoms with Crippen LogP contribution in [-0.4, -0.2) is 51.3 Å². The molecule has 0 atom stereocenters. The Labute approximate surface area is 151 Å². The number of hydrogen-bond acceptors (Lipinski definition) is 5. The van der Waals surface area contributed by atoms with E-state index in [-0.39, 0.29) is 17.2 Å². The summed E-state index contributed by atoms with van der Waals surface area (Å²) < 4.78 is 6.85. The van der Waals surface area contributed by atoms with Crippen molar-refractivity contribution in [2.24, 2.45) is 12.5 Å². The molecule has 4 rings (SSSR count). The van der Waals surface area contributed by atoms with Crippen molar-refractivity contribution in [3.05, 3.63) is 29.3 Å². The van der Waals surface area contributed by atoms with Gasteiger partial charge in [-0.2, -0.15) is 5.10 Å². The predicted molar refractivity (Wildman–Crippen MR) is 93.7 cm³/mol. The number of carbonyl (C=O) groups excluding carboxylic acids is 2. The van der Waals surface area contributed by atoms with E-state index in [4.69, 9.17) is 4.52 Å². The molecule has 2 amide bonds. The third-order valence-corrected chi connectivity index (χ3v) is 5.84. The van der Waals surface area contributed by atoms with Gasteiger partial charge in [-0.3, -0.25) is 19.2 Å². The lowest BCUT2D eigenvalue weighted by atomic mass is 9.77. The van der Waals surface area contributed by atoms with Gasteiger partial charge in [0, 0.05) is 32.7 Å². The van der Waals surface area contributed by atoms with Crippen molar-refractivity contribution >= 4 is 17.6 Å². The first-order valence-corrected chi connectivity index (χ1v) is 8.95. The average Bonchev–Trinajstić information content (AvgIpc) is 3.28. The van der Waals surface area contributed by atoms with Gasteiger partial charge in [0.25, 0.3) is 5.91 Å². The fourth-order valence-corrected chi connectivity index (χ4v) is 4.22. The summed E-state index contributed by atoms with van der Waals surface area (Å²) >= 11 is 0. The summed E-state index contributed by atoms with van der Waals surface area (Å²) in [5.41, 5.74) is 0.807. The minimum Gasteiger partial charge on any atom is -0.361 e. The number of hydrogen-bond donors (Lipinski definition) is 0. The number of carbonyl (C=O) groups is 2. The molecule has 0 aliphatic carbocycles. The van der Waals surface area contributed by atoms with E-state index in [1.807, 2.05) is 22.9 Å². The maximum Gasteiger partial charge on any atom is 0.259 e. The highest BCUT2D eigenvalue weighted by molar-refractivity contribution is 6.00. The summed E-state index contributed by atoms with van der Waals surface area (Å²) in [5.74, 6) is 1.49. The van der Waals surface area contributed by atoms with Crippen molar-refractivity contribution < 1.29 is 14.1 Å². The summed E-state index contributed by atoms with van der Waals surface area (Å²) in [6.45, 7) is 5.39. The van der Waals surface area contributed by atoms with E-state index in [9.17, 15) is 9.59 Å². The molecule has 138 valence electrons. The van der Waals surface area contributed by atoms with E-state index < -0.39 is 0 Å². The van der Waals surface area contributed by atoms with Crippen molar-refractivity contribution in [3.8, 4) is 0 Å². The van der Waals surface area contributed by atoms with Crippen LogP contribution in [0.2, 0.25) is 0 Å². The van der Waals surface area contributed by atoms with Crippen LogP contribution in [0.15, 0.2) is 16.8 Å². The number of anilines is 1. The van der Waals surface area contributed by atoms with Gasteiger partial charge in [-0.15, -0.1) is 0 Å². The highest BCUT2D eigenvalue weighted by Crippen LogP contribution is 2.43. The lowest BCUT2D eigenvalue weighted by Crippen LogP contribution is -2.47. The zero-order valence-corrected chi connectivity index (χ0v) is 15.4. The molecule has 8 heteroatoms. The minimum absolute atomic E-state index is 0.0509. The van der Waals surface area contributed by atoms with Crippen molar-refractivity contribution in [1.29, 1.82) is 0 Å². The molecule has 0 radical (unpaired) electrons. The Bertz CT molecular complexity index is 841. The first kappa shape index (κ1) is 16.8. The highest BCUT2D eigenvalue weighted by Gasteiger charge is 2.49. The molecular formula is C18H23N5O3. The quantitative estimate of drug-likeness (QED) is 0.816. The second-order valence-corrected chi connectivity index (χ2v) is 7.29. The summed E-state index contributed by atoms with van der Waals surface area (Å²) in [5, 5.41) is 8.03. The Hall–Kier alpha value is -2.64. The Morgan fingerprint density at radius 2 is 1.88 bits per heavy atom.